The van der Waals surface area contributed by atoms with Gasteiger partial charge in [-0.3, -0.25) is 4.79 Å². The molecule has 0 heterocycles. The molecule has 1 amide bonds. The Morgan fingerprint density at radius 1 is 1.59 bits per heavy atom. The van der Waals surface area contributed by atoms with E-state index in [0.717, 1.165) is 6.07 Å². The summed E-state index contributed by atoms with van der Waals surface area (Å²) in [6.07, 6.45) is 2.01. The van der Waals surface area contributed by atoms with E-state index in [4.69, 9.17) is 10.5 Å². The first-order chi connectivity index (χ1) is 8.15. The van der Waals surface area contributed by atoms with E-state index < -0.39 is 5.82 Å². The minimum atomic E-state index is -0.590. The van der Waals surface area contributed by atoms with Crippen molar-refractivity contribution >= 4 is 11.6 Å². The van der Waals surface area contributed by atoms with Crippen molar-refractivity contribution < 1.29 is 13.9 Å². The van der Waals surface area contributed by atoms with Crippen LogP contribution in [-0.4, -0.2) is 19.1 Å². The van der Waals surface area contributed by atoms with Gasteiger partial charge in [-0.25, -0.2) is 4.39 Å². The lowest BCUT2D eigenvalue weighted by molar-refractivity contribution is 0.0950. The monoisotopic (exact) mass is 238 g/mol. The minimum absolute atomic E-state index is 0.0286. The van der Waals surface area contributed by atoms with Crippen LogP contribution in [-0.2, 0) is 4.74 Å². The lowest BCUT2D eigenvalue weighted by atomic mass is 10.2. The second kappa shape index (κ2) is 6.52. The fourth-order valence-corrected chi connectivity index (χ4v) is 1.21. The zero-order valence-electron chi connectivity index (χ0n) is 9.41. The van der Waals surface area contributed by atoms with E-state index in [1.54, 1.807) is 0 Å². The Morgan fingerprint density at radius 3 is 3.00 bits per heavy atom. The van der Waals surface area contributed by atoms with Gasteiger partial charge in [0, 0.05) is 12.1 Å². The van der Waals surface area contributed by atoms with Crippen LogP contribution in [0.25, 0.3) is 0 Å². The van der Waals surface area contributed by atoms with Crippen LogP contribution in [0, 0.1) is 5.82 Å². The second-order valence-electron chi connectivity index (χ2n) is 3.38. The quantitative estimate of drug-likeness (QED) is 0.450. The summed E-state index contributed by atoms with van der Waals surface area (Å²) in [4.78, 5) is 11.6. The number of anilines is 1. The van der Waals surface area contributed by atoms with Crippen molar-refractivity contribution in [3.63, 3.8) is 0 Å². The van der Waals surface area contributed by atoms with Crippen LogP contribution in [0.5, 0.6) is 0 Å². The number of hydrogen-bond donors (Lipinski definition) is 2. The number of carbonyl (C=O) groups excluding carboxylic acids is 1. The number of nitrogens with two attached hydrogens (primary N) is 1. The summed E-state index contributed by atoms with van der Waals surface area (Å²) in [5, 5.41) is 2.64. The van der Waals surface area contributed by atoms with Gasteiger partial charge in [0.15, 0.2) is 0 Å². The van der Waals surface area contributed by atoms with Gasteiger partial charge < -0.3 is 15.8 Å². The van der Waals surface area contributed by atoms with E-state index >= 15 is 0 Å². The van der Waals surface area contributed by atoms with Crippen LogP contribution < -0.4 is 11.1 Å². The molecule has 0 aliphatic carbocycles. The van der Waals surface area contributed by atoms with Gasteiger partial charge in [0.2, 0.25) is 0 Å². The number of nitrogen functional groups attached to an aromatic ring is 1. The van der Waals surface area contributed by atoms with E-state index in [1.165, 1.54) is 18.4 Å². The van der Waals surface area contributed by atoms with Gasteiger partial charge in [-0.2, -0.15) is 0 Å². The number of carbonyl (C=O) groups is 1. The summed E-state index contributed by atoms with van der Waals surface area (Å²) < 4.78 is 18.0. The third kappa shape index (κ3) is 4.14. The molecule has 0 aromatic heterocycles. The molecule has 5 heteroatoms. The van der Waals surface area contributed by atoms with E-state index in [-0.39, 0.29) is 17.2 Å². The van der Waals surface area contributed by atoms with Crippen molar-refractivity contribution in [2.24, 2.45) is 0 Å². The standard InChI is InChI=1S/C12H15FN2O2/c1-2-17-7-3-6-15-12(16)9-4-5-11(14)10(13)8-9/h2,4-5,8H,1,3,6-7,14H2,(H,15,16). The Bertz CT molecular complexity index is 407. The van der Waals surface area contributed by atoms with Gasteiger partial charge in [0.05, 0.1) is 18.6 Å². The van der Waals surface area contributed by atoms with Crippen LogP contribution in [0.15, 0.2) is 31.0 Å². The fraction of sp³-hybridized carbons (Fsp3) is 0.250. The van der Waals surface area contributed by atoms with E-state index in [0.29, 0.717) is 19.6 Å². The van der Waals surface area contributed by atoms with Gasteiger partial charge in [-0.15, -0.1) is 0 Å². The molecule has 1 rings (SSSR count). The third-order valence-corrected chi connectivity index (χ3v) is 2.11. The lowest BCUT2D eigenvalue weighted by Gasteiger charge is -2.06. The third-order valence-electron chi connectivity index (χ3n) is 2.11. The molecule has 0 aliphatic rings. The molecule has 0 aliphatic heterocycles. The molecule has 4 nitrogen and oxygen atoms in total. The number of ether oxygens (including phenoxy) is 1. The average Bonchev–Trinajstić information content (AvgIpc) is 2.32. The zero-order valence-corrected chi connectivity index (χ0v) is 9.41. The highest BCUT2D eigenvalue weighted by atomic mass is 19.1. The van der Waals surface area contributed by atoms with Gasteiger partial charge in [0.1, 0.15) is 5.82 Å². The Hall–Kier alpha value is -2.04. The highest BCUT2D eigenvalue weighted by Crippen LogP contribution is 2.11. The summed E-state index contributed by atoms with van der Waals surface area (Å²) in [6.45, 7) is 4.34. The van der Waals surface area contributed by atoms with E-state index in [2.05, 4.69) is 11.9 Å². The predicted octanol–water partition coefficient (Wildman–Crippen LogP) is 1.69. The van der Waals surface area contributed by atoms with Crippen LogP contribution in [0.4, 0.5) is 10.1 Å². The first kappa shape index (κ1) is 13.0. The summed E-state index contributed by atoms with van der Waals surface area (Å²) in [7, 11) is 0. The maximum atomic E-state index is 13.1. The Kier molecular flexibility index (Phi) is 5.00. The molecular formula is C12H15FN2O2. The van der Waals surface area contributed by atoms with Crippen LogP contribution in [0.2, 0.25) is 0 Å². The number of nitrogens with one attached hydrogen (secondary N) is 1. The molecule has 3 N–H and O–H groups in total. The van der Waals surface area contributed by atoms with Crippen molar-refractivity contribution in [3.8, 4) is 0 Å². The number of hydrogen-bond acceptors (Lipinski definition) is 3. The van der Waals surface area contributed by atoms with Crippen molar-refractivity contribution in [3.05, 3.63) is 42.4 Å². The molecule has 17 heavy (non-hydrogen) atoms. The van der Waals surface area contributed by atoms with Crippen LogP contribution >= 0.6 is 0 Å². The number of benzene rings is 1. The normalized spacial score (nSPS) is 9.71. The highest BCUT2D eigenvalue weighted by molar-refractivity contribution is 5.94. The van der Waals surface area contributed by atoms with Crippen molar-refractivity contribution in [1.82, 2.24) is 5.32 Å². The molecule has 0 radical (unpaired) electrons. The SMILES string of the molecule is C=COCCCNC(=O)c1ccc(N)c(F)c1. The molecular weight excluding hydrogens is 223 g/mol. The predicted molar refractivity (Wildman–Crippen MR) is 63.9 cm³/mol. The summed E-state index contributed by atoms with van der Waals surface area (Å²) >= 11 is 0. The molecule has 0 saturated carbocycles. The molecule has 0 atom stereocenters. The van der Waals surface area contributed by atoms with Crippen LogP contribution in [0.3, 0.4) is 0 Å². The van der Waals surface area contributed by atoms with E-state index in [9.17, 15) is 9.18 Å². The highest BCUT2D eigenvalue weighted by Gasteiger charge is 2.07. The Morgan fingerprint density at radius 2 is 2.35 bits per heavy atom. The molecule has 0 unspecified atom stereocenters. The molecule has 92 valence electrons. The van der Waals surface area contributed by atoms with E-state index in [1.807, 2.05) is 0 Å². The molecule has 0 saturated heterocycles. The maximum Gasteiger partial charge on any atom is 0.251 e. The van der Waals surface area contributed by atoms with Crippen molar-refractivity contribution in [2.45, 2.75) is 6.42 Å². The van der Waals surface area contributed by atoms with Gasteiger partial charge in [-0.05, 0) is 24.6 Å². The van der Waals surface area contributed by atoms with Gasteiger partial charge >= 0.3 is 0 Å². The average molecular weight is 238 g/mol. The lowest BCUT2D eigenvalue weighted by Crippen LogP contribution is -2.25. The molecule has 0 bridgehead atoms. The van der Waals surface area contributed by atoms with Crippen LogP contribution in [0.1, 0.15) is 16.8 Å². The molecule has 0 spiro atoms. The minimum Gasteiger partial charge on any atom is -0.502 e. The summed E-state index contributed by atoms with van der Waals surface area (Å²) in [6, 6.07) is 3.96. The molecule has 0 fully saturated rings. The Balaban J connectivity index is 2.41. The first-order valence-corrected chi connectivity index (χ1v) is 5.21. The largest absolute Gasteiger partial charge is 0.502 e. The first-order valence-electron chi connectivity index (χ1n) is 5.21. The molecule has 1 aromatic rings. The summed E-state index contributed by atoms with van der Waals surface area (Å²) in [5.74, 6) is -0.921. The fourth-order valence-electron chi connectivity index (χ4n) is 1.21. The van der Waals surface area contributed by atoms with Crippen molar-refractivity contribution in [2.75, 3.05) is 18.9 Å². The Labute approximate surface area is 99.3 Å². The number of amides is 1. The number of rotatable bonds is 6. The van der Waals surface area contributed by atoms with Gasteiger partial charge in [-0.1, -0.05) is 6.58 Å². The second-order valence-corrected chi connectivity index (χ2v) is 3.38. The topological polar surface area (TPSA) is 64.3 Å². The van der Waals surface area contributed by atoms with Crippen molar-refractivity contribution in [1.29, 1.82) is 0 Å². The summed E-state index contributed by atoms with van der Waals surface area (Å²) in [5.41, 5.74) is 5.59. The molecule has 1 aromatic carbocycles. The van der Waals surface area contributed by atoms with Gasteiger partial charge in [0.25, 0.3) is 5.91 Å². The zero-order chi connectivity index (χ0) is 12.7. The smallest absolute Gasteiger partial charge is 0.251 e. The maximum absolute atomic E-state index is 13.1. The number of halogens is 1.